The lowest BCUT2D eigenvalue weighted by Crippen LogP contribution is -2.25. The van der Waals surface area contributed by atoms with Gasteiger partial charge in [0.2, 0.25) is 5.95 Å². The molecule has 0 saturated heterocycles. The number of hydrogen-bond acceptors (Lipinski definition) is 4. The zero-order chi connectivity index (χ0) is 14.2. The second kappa shape index (κ2) is 7.40. The molecular weight excluding hydrogens is 263 g/mol. The maximum atomic E-state index is 12.6. The van der Waals surface area contributed by atoms with E-state index in [1.54, 1.807) is 12.3 Å². The summed E-state index contributed by atoms with van der Waals surface area (Å²) in [6.45, 7) is 1.42. The fourth-order valence-corrected chi connectivity index (χ4v) is 1.56. The first-order chi connectivity index (χ1) is 9.75. The molecule has 0 fully saturated rings. The number of aromatic nitrogens is 1. The Morgan fingerprint density at radius 2 is 2.30 bits per heavy atom. The van der Waals surface area contributed by atoms with Crippen molar-refractivity contribution in [2.24, 2.45) is 0 Å². The van der Waals surface area contributed by atoms with E-state index >= 15 is 0 Å². The van der Waals surface area contributed by atoms with Crippen LogP contribution in [0.4, 0.5) is 4.39 Å². The lowest BCUT2D eigenvalue weighted by Gasteiger charge is -2.05. The number of carbonyl (C=O) groups excluding carboxylic acids is 1. The number of ether oxygens (including phenoxy) is 1. The highest BCUT2D eigenvalue weighted by atomic mass is 19.1. The summed E-state index contributed by atoms with van der Waals surface area (Å²) < 4.78 is 23.1. The Hall–Kier alpha value is -2.21. The molecule has 0 saturated carbocycles. The number of pyridine rings is 1. The van der Waals surface area contributed by atoms with Gasteiger partial charge in [-0.2, -0.15) is 4.39 Å². The van der Waals surface area contributed by atoms with Gasteiger partial charge in [-0.25, -0.2) is 4.98 Å². The second-order valence-electron chi connectivity index (χ2n) is 4.11. The Kier molecular flexibility index (Phi) is 5.25. The number of nitrogens with zero attached hydrogens (tertiary/aromatic N) is 1. The average molecular weight is 278 g/mol. The predicted octanol–water partition coefficient (Wildman–Crippen LogP) is 2.15. The van der Waals surface area contributed by atoms with E-state index in [1.165, 1.54) is 12.3 Å². The van der Waals surface area contributed by atoms with E-state index in [-0.39, 0.29) is 5.91 Å². The molecule has 1 N–H and O–H groups in total. The van der Waals surface area contributed by atoms with Gasteiger partial charge in [-0.3, -0.25) is 4.79 Å². The number of carbonyl (C=O) groups is 1. The average Bonchev–Trinajstić information content (AvgIpc) is 2.96. The molecule has 106 valence electrons. The molecule has 6 heteroatoms. The third-order valence-electron chi connectivity index (χ3n) is 2.57. The number of rotatable bonds is 7. The van der Waals surface area contributed by atoms with E-state index in [1.807, 2.05) is 6.07 Å². The third-order valence-corrected chi connectivity index (χ3v) is 2.57. The van der Waals surface area contributed by atoms with Crippen LogP contribution in [0.5, 0.6) is 0 Å². The minimum atomic E-state index is -0.604. The van der Waals surface area contributed by atoms with Crippen molar-refractivity contribution in [2.45, 2.75) is 13.0 Å². The van der Waals surface area contributed by atoms with Crippen LogP contribution in [-0.4, -0.2) is 24.0 Å². The van der Waals surface area contributed by atoms with Crippen molar-refractivity contribution < 1.29 is 18.3 Å². The molecule has 0 bridgehead atoms. The summed E-state index contributed by atoms with van der Waals surface area (Å²) >= 11 is 0. The van der Waals surface area contributed by atoms with E-state index in [9.17, 15) is 9.18 Å². The van der Waals surface area contributed by atoms with Crippen LogP contribution in [0.2, 0.25) is 0 Å². The predicted molar refractivity (Wildman–Crippen MR) is 69.5 cm³/mol. The van der Waals surface area contributed by atoms with Gasteiger partial charge in [0.05, 0.1) is 11.8 Å². The Morgan fingerprint density at radius 1 is 1.40 bits per heavy atom. The van der Waals surface area contributed by atoms with E-state index in [0.717, 1.165) is 11.8 Å². The standard InChI is InChI=1S/C14H15FN2O3/c15-13-5-4-11(9-17-13)14(18)16-6-2-7-19-10-12-3-1-8-20-12/h1,3-5,8-9H,2,6-7,10H2,(H,16,18). The fraction of sp³-hybridized carbons (Fsp3) is 0.286. The highest BCUT2D eigenvalue weighted by Crippen LogP contribution is 2.02. The maximum absolute atomic E-state index is 12.6. The fourth-order valence-electron chi connectivity index (χ4n) is 1.56. The Balaban J connectivity index is 1.58. The Bertz CT molecular complexity index is 526. The van der Waals surface area contributed by atoms with Crippen molar-refractivity contribution in [3.05, 3.63) is 54.0 Å². The number of furan rings is 1. The number of amides is 1. The molecule has 0 unspecified atom stereocenters. The van der Waals surface area contributed by atoms with Gasteiger partial charge in [-0.1, -0.05) is 0 Å². The normalized spacial score (nSPS) is 10.4. The molecule has 0 radical (unpaired) electrons. The maximum Gasteiger partial charge on any atom is 0.252 e. The van der Waals surface area contributed by atoms with E-state index in [2.05, 4.69) is 10.3 Å². The molecule has 20 heavy (non-hydrogen) atoms. The lowest BCUT2D eigenvalue weighted by molar-refractivity contribution is 0.0916. The van der Waals surface area contributed by atoms with Crippen molar-refractivity contribution in [2.75, 3.05) is 13.2 Å². The van der Waals surface area contributed by atoms with Gasteiger partial charge in [0, 0.05) is 19.3 Å². The molecule has 0 aliphatic rings. The highest BCUT2D eigenvalue weighted by Gasteiger charge is 2.05. The van der Waals surface area contributed by atoms with Gasteiger partial charge in [0.1, 0.15) is 12.4 Å². The molecule has 0 aliphatic heterocycles. The van der Waals surface area contributed by atoms with Gasteiger partial charge in [-0.05, 0) is 30.7 Å². The van der Waals surface area contributed by atoms with Crippen LogP contribution in [0.1, 0.15) is 22.5 Å². The van der Waals surface area contributed by atoms with E-state index < -0.39 is 5.95 Å². The van der Waals surface area contributed by atoms with Gasteiger partial charge < -0.3 is 14.5 Å². The molecule has 5 nitrogen and oxygen atoms in total. The van der Waals surface area contributed by atoms with Crippen LogP contribution in [0.25, 0.3) is 0 Å². The molecule has 2 aromatic heterocycles. The van der Waals surface area contributed by atoms with Crippen LogP contribution in [0.15, 0.2) is 41.1 Å². The minimum absolute atomic E-state index is 0.275. The summed E-state index contributed by atoms with van der Waals surface area (Å²) in [5, 5.41) is 2.71. The van der Waals surface area contributed by atoms with E-state index in [0.29, 0.717) is 31.7 Å². The van der Waals surface area contributed by atoms with Crippen molar-refractivity contribution in [1.29, 1.82) is 0 Å². The largest absolute Gasteiger partial charge is 0.467 e. The van der Waals surface area contributed by atoms with Crippen molar-refractivity contribution in [1.82, 2.24) is 10.3 Å². The number of hydrogen-bond donors (Lipinski definition) is 1. The summed E-state index contributed by atoms with van der Waals surface area (Å²) in [6, 6.07) is 6.19. The van der Waals surface area contributed by atoms with Gasteiger partial charge in [0.25, 0.3) is 5.91 Å². The van der Waals surface area contributed by atoms with Crippen LogP contribution >= 0.6 is 0 Å². The molecule has 0 spiro atoms. The first-order valence-electron chi connectivity index (χ1n) is 6.25. The molecule has 2 aromatic rings. The summed E-state index contributed by atoms with van der Waals surface area (Å²) in [5.74, 6) is -0.108. The van der Waals surface area contributed by atoms with Crippen LogP contribution in [0, 0.1) is 5.95 Å². The van der Waals surface area contributed by atoms with Gasteiger partial charge in [-0.15, -0.1) is 0 Å². The minimum Gasteiger partial charge on any atom is -0.467 e. The Labute approximate surface area is 115 Å². The first kappa shape index (κ1) is 14.2. The molecule has 0 aliphatic carbocycles. The second-order valence-corrected chi connectivity index (χ2v) is 4.11. The molecule has 1 amide bonds. The van der Waals surface area contributed by atoms with Gasteiger partial charge >= 0.3 is 0 Å². The van der Waals surface area contributed by atoms with Crippen LogP contribution in [0.3, 0.4) is 0 Å². The van der Waals surface area contributed by atoms with Crippen molar-refractivity contribution in [3.63, 3.8) is 0 Å². The van der Waals surface area contributed by atoms with Crippen molar-refractivity contribution in [3.8, 4) is 0 Å². The zero-order valence-corrected chi connectivity index (χ0v) is 10.8. The number of nitrogens with one attached hydrogen (secondary N) is 1. The molecule has 0 aromatic carbocycles. The first-order valence-corrected chi connectivity index (χ1v) is 6.25. The monoisotopic (exact) mass is 278 g/mol. The summed E-state index contributed by atoms with van der Waals surface area (Å²) in [6.07, 6.45) is 3.48. The molecule has 0 atom stereocenters. The smallest absolute Gasteiger partial charge is 0.252 e. The van der Waals surface area contributed by atoms with E-state index in [4.69, 9.17) is 9.15 Å². The number of halogens is 1. The highest BCUT2D eigenvalue weighted by molar-refractivity contribution is 5.93. The Morgan fingerprint density at radius 3 is 3.00 bits per heavy atom. The summed E-state index contributed by atoms with van der Waals surface area (Å²) in [4.78, 5) is 15.1. The third kappa shape index (κ3) is 4.47. The van der Waals surface area contributed by atoms with Crippen LogP contribution in [-0.2, 0) is 11.3 Å². The lowest BCUT2D eigenvalue weighted by atomic mass is 10.2. The quantitative estimate of drug-likeness (QED) is 0.622. The summed E-state index contributed by atoms with van der Waals surface area (Å²) in [5.41, 5.74) is 0.336. The van der Waals surface area contributed by atoms with Crippen LogP contribution < -0.4 is 5.32 Å². The molecular formula is C14H15FN2O3. The van der Waals surface area contributed by atoms with Gasteiger partial charge in [0.15, 0.2) is 0 Å². The molecule has 2 heterocycles. The topological polar surface area (TPSA) is 64.4 Å². The summed E-state index contributed by atoms with van der Waals surface area (Å²) in [7, 11) is 0. The van der Waals surface area contributed by atoms with Crippen molar-refractivity contribution >= 4 is 5.91 Å². The molecule has 2 rings (SSSR count). The SMILES string of the molecule is O=C(NCCCOCc1ccco1)c1ccc(F)nc1. The zero-order valence-electron chi connectivity index (χ0n) is 10.8.